The Hall–Kier alpha value is -1.92. The van der Waals surface area contributed by atoms with Gasteiger partial charge in [0.25, 0.3) is 5.89 Å². The zero-order chi connectivity index (χ0) is 15.5. The van der Waals surface area contributed by atoms with Crippen LogP contribution in [0.15, 0.2) is 28.7 Å². The zero-order valence-electron chi connectivity index (χ0n) is 12.9. The van der Waals surface area contributed by atoms with Gasteiger partial charge in [-0.15, -0.1) is 10.2 Å². The van der Waals surface area contributed by atoms with Crippen molar-refractivity contribution in [2.75, 3.05) is 20.2 Å². The van der Waals surface area contributed by atoms with Gasteiger partial charge in [0.2, 0.25) is 5.89 Å². The van der Waals surface area contributed by atoms with E-state index in [0.717, 1.165) is 25.1 Å². The second-order valence-corrected chi connectivity index (χ2v) is 5.73. The summed E-state index contributed by atoms with van der Waals surface area (Å²) in [5.41, 5.74) is 0.798. The minimum absolute atomic E-state index is 0.267. The number of aromatic nitrogens is 2. The summed E-state index contributed by atoms with van der Waals surface area (Å²) in [6, 6.07) is 7.58. The van der Waals surface area contributed by atoms with Crippen LogP contribution in [0, 0.1) is 5.92 Å². The fourth-order valence-electron chi connectivity index (χ4n) is 2.84. The minimum Gasteiger partial charge on any atom is -0.496 e. The van der Waals surface area contributed by atoms with E-state index in [1.807, 2.05) is 31.2 Å². The van der Waals surface area contributed by atoms with Crippen LogP contribution in [0.2, 0.25) is 0 Å². The Bertz CT molecular complexity index is 627. The fourth-order valence-corrected chi connectivity index (χ4v) is 2.84. The van der Waals surface area contributed by atoms with Gasteiger partial charge in [-0.1, -0.05) is 12.1 Å². The molecular weight excluding hydrogens is 282 g/mol. The quantitative estimate of drug-likeness (QED) is 0.910. The van der Waals surface area contributed by atoms with Crippen molar-refractivity contribution >= 4 is 0 Å². The van der Waals surface area contributed by atoms with Crippen LogP contribution in [0.4, 0.5) is 0 Å². The molecule has 3 rings (SSSR count). The molecule has 22 heavy (non-hydrogen) atoms. The van der Waals surface area contributed by atoms with Gasteiger partial charge in [-0.2, -0.15) is 0 Å². The lowest BCUT2D eigenvalue weighted by Gasteiger charge is -2.15. The summed E-state index contributed by atoms with van der Waals surface area (Å²) in [5.74, 6) is 2.11. The number of aliphatic hydroxyl groups is 1. The van der Waals surface area contributed by atoms with Gasteiger partial charge < -0.3 is 14.3 Å². The maximum absolute atomic E-state index is 9.65. The predicted molar refractivity (Wildman–Crippen MR) is 81.4 cm³/mol. The molecule has 2 atom stereocenters. The molecule has 2 unspecified atom stereocenters. The Morgan fingerprint density at radius 1 is 1.41 bits per heavy atom. The summed E-state index contributed by atoms with van der Waals surface area (Å²) in [6.07, 6.45) is 0.738. The van der Waals surface area contributed by atoms with Crippen LogP contribution < -0.4 is 4.74 Å². The maximum atomic E-state index is 9.65. The topological polar surface area (TPSA) is 71.6 Å². The van der Waals surface area contributed by atoms with Crippen molar-refractivity contribution in [3.05, 3.63) is 30.2 Å². The molecule has 0 aliphatic carbocycles. The second kappa shape index (κ2) is 6.46. The fraction of sp³-hybridized carbons (Fsp3) is 0.500. The molecule has 0 saturated carbocycles. The molecule has 1 aliphatic rings. The van der Waals surface area contributed by atoms with Crippen LogP contribution >= 0.6 is 0 Å². The lowest BCUT2D eigenvalue weighted by atomic mass is 10.0. The number of methoxy groups -OCH3 is 1. The molecule has 2 heterocycles. The van der Waals surface area contributed by atoms with E-state index in [4.69, 9.17) is 9.15 Å². The highest BCUT2D eigenvalue weighted by Gasteiger charge is 2.27. The van der Waals surface area contributed by atoms with Crippen LogP contribution in [0.25, 0.3) is 11.5 Å². The molecule has 1 aromatic carbocycles. The minimum atomic E-state index is -0.267. The van der Waals surface area contributed by atoms with Gasteiger partial charge in [-0.05, 0) is 37.9 Å². The van der Waals surface area contributed by atoms with E-state index < -0.39 is 0 Å². The number of ether oxygens (including phenoxy) is 1. The summed E-state index contributed by atoms with van der Waals surface area (Å²) < 4.78 is 11.1. The molecule has 0 spiro atoms. The monoisotopic (exact) mass is 303 g/mol. The van der Waals surface area contributed by atoms with Crippen molar-refractivity contribution in [2.24, 2.45) is 5.92 Å². The number of aliphatic hydroxyl groups excluding tert-OH is 1. The molecule has 0 radical (unpaired) electrons. The van der Waals surface area contributed by atoms with E-state index >= 15 is 0 Å². The predicted octanol–water partition coefficient (Wildman–Crippen LogP) is 1.95. The summed E-state index contributed by atoms with van der Waals surface area (Å²) in [4.78, 5) is 2.23. The molecule has 1 saturated heterocycles. The van der Waals surface area contributed by atoms with Crippen LogP contribution in [0.5, 0.6) is 5.75 Å². The molecule has 1 aromatic heterocycles. The van der Waals surface area contributed by atoms with E-state index in [0.29, 0.717) is 30.0 Å². The lowest BCUT2D eigenvalue weighted by molar-refractivity contribution is 0.126. The number of hydrogen-bond acceptors (Lipinski definition) is 6. The number of para-hydroxylation sites is 1. The number of benzene rings is 1. The Morgan fingerprint density at radius 3 is 2.95 bits per heavy atom. The Balaban J connectivity index is 1.69. The largest absolute Gasteiger partial charge is 0.496 e. The third-order valence-electron chi connectivity index (χ3n) is 4.15. The Labute approximate surface area is 129 Å². The van der Waals surface area contributed by atoms with Crippen molar-refractivity contribution in [1.29, 1.82) is 0 Å². The SMILES string of the molecule is COc1ccccc1-c1nnc(CN2CCC(C(C)O)C2)o1. The lowest BCUT2D eigenvalue weighted by Crippen LogP contribution is -2.24. The van der Waals surface area contributed by atoms with Gasteiger partial charge >= 0.3 is 0 Å². The number of hydrogen-bond donors (Lipinski definition) is 1. The first-order valence-electron chi connectivity index (χ1n) is 7.53. The van der Waals surface area contributed by atoms with Crippen LogP contribution in [-0.4, -0.2) is 46.5 Å². The normalized spacial score (nSPS) is 20.2. The standard InChI is InChI=1S/C16H21N3O3/c1-11(20)12-7-8-19(9-12)10-15-17-18-16(22-15)13-5-3-4-6-14(13)21-2/h3-6,11-12,20H,7-10H2,1-2H3. The van der Waals surface area contributed by atoms with Crippen LogP contribution in [0.1, 0.15) is 19.2 Å². The summed E-state index contributed by atoms with van der Waals surface area (Å²) in [6.45, 7) is 4.28. The van der Waals surface area contributed by atoms with Gasteiger partial charge in [0.1, 0.15) is 5.75 Å². The van der Waals surface area contributed by atoms with Gasteiger partial charge in [-0.25, -0.2) is 0 Å². The van der Waals surface area contributed by atoms with E-state index in [2.05, 4.69) is 15.1 Å². The molecule has 0 bridgehead atoms. The number of rotatable bonds is 5. The maximum Gasteiger partial charge on any atom is 0.251 e. The summed E-state index contributed by atoms with van der Waals surface area (Å²) >= 11 is 0. The van der Waals surface area contributed by atoms with Gasteiger partial charge in [0.15, 0.2) is 0 Å². The average Bonchev–Trinajstić information content (AvgIpc) is 3.17. The smallest absolute Gasteiger partial charge is 0.251 e. The molecule has 118 valence electrons. The van der Waals surface area contributed by atoms with Gasteiger partial charge in [-0.3, -0.25) is 4.90 Å². The molecule has 1 N–H and O–H groups in total. The third kappa shape index (κ3) is 3.13. The zero-order valence-corrected chi connectivity index (χ0v) is 12.9. The molecule has 2 aromatic rings. The van der Waals surface area contributed by atoms with E-state index in [1.54, 1.807) is 7.11 Å². The highest BCUT2D eigenvalue weighted by atomic mass is 16.5. The van der Waals surface area contributed by atoms with Crippen molar-refractivity contribution in [3.63, 3.8) is 0 Å². The summed E-state index contributed by atoms with van der Waals surface area (Å²) in [7, 11) is 1.62. The van der Waals surface area contributed by atoms with Gasteiger partial charge in [0, 0.05) is 6.54 Å². The first kappa shape index (κ1) is 15.0. The highest BCUT2D eigenvalue weighted by Crippen LogP contribution is 2.29. The van der Waals surface area contributed by atoms with Crippen molar-refractivity contribution < 1.29 is 14.3 Å². The third-order valence-corrected chi connectivity index (χ3v) is 4.15. The molecule has 6 heteroatoms. The molecular formula is C16H21N3O3. The first-order valence-corrected chi connectivity index (χ1v) is 7.53. The van der Waals surface area contributed by atoms with Gasteiger partial charge in [0.05, 0.1) is 25.3 Å². The van der Waals surface area contributed by atoms with E-state index in [1.165, 1.54) is 0 Å². The Kier molecular flexibility index (Phi) is 4.40. The molecule has 1 aliphatic heterocycles. The van der Waals surface area contributed by atoms with Crippen LogP contribution in [0.3, 0.4) is 0 Å². The van der Waals surface area contributed by atoms with Crippen molar-refractivity contribution in [2.45, 2.75) is 26.0 Å². The molecule has 0 amide bonds. The van der Waals surface area contributed by atoms with E-state index in [-0.39, 0.29) is 6.10 Å². The molecule has 1 fully saturated rings. The summed E-state index contributed by atoms with van der Waals surface area (Å²) in [5, 5.41) is 17.9. The van der Waals surface area contributed by atoms with Crippen molar-refractivity contribution in [3.8, 4) is 17.2 Å². The van der Waals surface area contributed by atoms with Crippen LogP contribution in [-0.2, 0) is 6.54 Å². The Morgan fingerprint density at radius 2 is 2.23 bits per heavy atom. The average molecular weight is 303 g/mol. The first-order chi connectivity index (χ1) is 10.7. The molecule has 6 nitrogen and oxygen atoms in total. The number of likely N-dealkylation sites (tertiary alicyclic amines) is 1. The highest BCUT2D eigenvalue weighted by molar-refractivity contribution is 5.62. The second-order valence-electron chi connectivity index (χ2n) is 5.73. The van der Waals surface area contributed by atoms with Crippen molar-refractivity contribution in [1.82, 2.24) is 15.1 Å². The van der Waals surface area contributed by atoms with E-state index in [9.17, 15) is 5.11 Å². The number of nitrogens with zero attached hydrogens (tertiary/aromatic N) is 3.